The number of carbonyl (C=O) groups excluding carboxylic acids is 1. The highest BCUT2D eigenvalue weighted by molar-refractivity contribution is 5.85. The molecular formula is C16H34ClN3O. The van der Waals surface area contributed by atoms with E-state index in [1.807, 2.05) is 6.92 Å². The van der Waals surface area contributed by atoms with Crippen LogP contribution in [0.1, 0.15) is 52.9 Å². The third-order valence-electron chi connectivity index (χ3n) is 4.64. The molecule has 1 rings (SSSR count). The fourth-order valence-corrected chi connectivity index (χ4v) is 2.59. The minimum Gasteiger partial charge on any atom is -0.355 e. The molecule has 1 amide bonds. The highest BCUT2D eigenvalue weighted by Gasteiger charge is 2.18. The number of piperidine rings is 1. The minimum absolute atomic E-state index is 0. The largest absolute Gasteiger partial charge is 0.355 e. The topological polar surface area (TPSA) is 58.4 Å². The fraction of sp³-hybridized carbons (Fsp3) is 0.938. The van der Waals surface area contributed by atoms with Gasteiger partial charge in [-0.3, -0.25) is 4.79 Å². The molecule has 0 aliphatic carbocycles. The second-order valence-electron chi connectivity index (χ2n) is 6.43. The number of carbonyl (C=O) groups is 1. The van der Waals surface area contributed by atoms with Crippen LogP contribution in [-0.4, -0.2) is 43.0 Å². The van der Waals surface area contributed by atoms with Gasteiger partial charge in [0.15, 0.2) is 0 Å². The number of nitrogens with zero attached hydrogens (tertiary/aromatic N) is 1. The number of hydrogen-bond donors (Lipinski definition) is 2. The molecule has 5 heteroatoms. The van der Waals surface area contributed by atoms with Crippen LogP contribution >= 0.6 is 12.4 Å². The molecule has 1 saturated heterocycles. The summed E-state index contributed by atoms with van der Waals surface area (Å²) in [5.41, 5.74) is 5.90. The Kier molecular flexibility index (Phi) is 11.1. The fourth-order valence-electron chi connectivity index (χ4n) is 2.59. The molecule has 0 spiro atoms. The molecular weight excluding hydrogens is 286 g/mol. The molecule has 21 heavy (non-hydrogen) atoms. The molecule has 0 aromatic carbocycles. The number of likely N-dealkylation sites (tertiary alicyclic amines) is 1. The van der Waals surface area contributed by atoms with Crippen molar-refractivity contribution < 1.29 is 4.79 Å². The van der Waals surface area contributed by atoms with Crippen LogP contribution in [0.25, 0.3) is 0 Å². The highest BCUT2D eigenvalue weighted by Crippen LogP contribution is 2.16. The van der Waals surface area contributed by atoms with Gasteiger partial charge >= 0.3 is 0 Å². The summed E-state index contributed by atoms with van der Waals surface area (Å²) in [4.78, 5) is 14.3. The predicted molar refractivity (Wildman–Crippen MR) is 91.8 cm³/mol. The molecule has 0 saturated carbocycles. The number of rotatable bonds is 8. The average molecular weight is 320 g/mol. The third kappa shape index (κ3) is 8.03. The Hall–Kier alpha value is -0.320. The standard InChI is InChI=1S/C16H33N3O.ClH/c1-4-14(3)15(17)16(20)18-9-5-6-10-19-11-7-13(2)8-12-19;/h13-15H,4-12,17H2,1-3H3,(H,18,20);1H. The molecule has 1 aliphatic rings. The van der Waals surface area contributed by atoms with E-state index in [0.717, 1.165) is 31.7 Å². The van der Waals surface area contributed by atoms with Gasteiger partial charge in [0.2, 0.25) is 5.91 Å². The van der Waals surface area contributed by atoms with Crippen LogP contribution in [0.4, 0.5) is 0 Å². The zero-order valence-electron chi connectivity index (χ0n) is 13.9. The maximum atomic E-state index is 11.8. The van der Waals surface area contributed by atoms with Crippen LogP contribution in [0.3, 0.4) is 0 Å². The summed E-state index contributed by atoms with van der Waals surface area (Å²) in [6.07, 6.45) is 5.82. The second kappa shape index (κ2) is 11.3. The number of unbranched alkanes of at least 4 members (excludes halogenated alkanes) is 1. The molecule has 0 aromatic heterocycles. The Balaban J connectivity index is 0.00000400. The smallest absolute Gasteiger partial charge is 0.237 e. The molecule has 2 unspecified atom stereocenters. The summed E-state index contributed by atoms with van der Waals surface area (Å²) in [6, 6.07) is -0.358. The Labute approximate surface area is 136 Å². The molecule has 0 bridgehead atoms. The maximum absolute atomic E-state index is 11.8. The number of nitrogens with one attached hydrogen (secondary N) is 1. The van der Waals surface area contributed by atoms with E-state index in [-0.39, 0.29) is 30.3 Å². The van der Waals surface area contributed by atoms with Gasteiger partial charge in [0.05, 0.1) is 6.04 Å². The molecule has 4 nitrogen and oxygen atoms in total. The molecule has 0 radical (unpaired) electrons. The van der Waals surface area contributed by atoms with Gasteiger partial charge in [-0.25, -0.2) is 0 Å². The van der Waals surface area contributed by atoms with Gasteiger partial charge in [-0.15, -0.1) is 12.4 Å². The summed E-state index contributed by atoms with van der Waals surface area (Å²) < 4.78 is 0. The first-order chi connectivity index (χ1) is 9.54. The van der Waals surface area contributed by atoms with Gasteiger partial charge in [0.1, 0.15) is 0 Å². The lowest BCUT2D eigenvalue weighted by Crippen LogP contribution is -2.44. The van der Waals surface area contributed by atoms with Crippen molar-refractivity contribution >= 4 is 18.3 Å². The normalized spacial score (nSPS) is 19.6. The van der Waals surface area contributed by atoms with Gasteiger partial charge in [-0.2, -0.15) is 0 Å². The van der Waals surface area contributed by atoms with E-state index < -0.39 is 0 Å². The molecule has 1 heterocycles. The van der Waals surface area contributed by atoms with Crippen LogP contribution in [0.15, 0.2) is 0 Å². The first-order valence-corrected chi connectivity index (χ1v) is 8.30. The molecule has 0 aromatic rings. The quantitative estimate of drug-likeness (QED) is 0.675. The lowest BCUT2D eigenvalue weighted by Gasteiger charge is -2.30. The molecule has 1 fully saturated rings. The Bertz CT molecular complexity index is 281. The van der Waals surface area contributed by atoms with E-state index in [1.54, 1.807) is 0 Å². The summed E-state index contributed by atoms with van der Waals surface area (Å²) in [7, 11) is 0. The summed E-state index contributed by atoms with van der Waals surface area (Å²) >= 11 is 0. The van der Waals surface area contributed by atoms with Gasteiger partial charge in [-0.1, -0.05) is 27.2 Å². The lowest BCUT2D eigenvalue weighted by molar-refractivity contribution is -0.123. The van der Waals surface area contributed by atoms with Crippen LogP contribution in [-0.2, 0) is 4.79 Å². The molecule has 2 atom stereocenters. The van der Waals surface area contributed by atoms with Crippen molar-refractivity contribution in [1.29, 1.82) is 0 Å². The summed E-state index contributed by atoms with van der Waals surface area (Å²) in [6.45, 7) is 10.8. The van der Waals surface area contributed by atoms with E-state index >= 15 is 0 Å². The van der Waals surface area contributed by atoms with Crippen LogP contribution in [0.2, 0.25) is 0 Å². The van der Waals surface area contributed by atoms with E-state index in [1.165, 1.54) is 32.5 Å². The van der Waals surface area contributed by atoms with E-state index in [4.69, 9.17) is 5.73 Å². The Morgan fingerprint density at radius 3 is 2.52 bits per heavy atom. The number of hydrogen-bond acceptors (Lipinski definition) is 3. The van der Waals surface area contributed by atoms with Crippen LogP contribution in [0, 0.1) is 11.8 Å². The van der Waals surface area contributed by atoms with Crippen molar-refractivity contribution in [3.63, 3.8) is 0 Å². The zero-order valence-corrected chi connectivity index (χ0v) is 14.8. The van der Waals surface area contributed by atoms with Gasteiger partial charge in [-0.05, 0) is 57.2 Å². The van der Waals surface area contributed by atoms with Crippen molar-refractivity contribution in [2.75, 3.05) is 26.2 Å². The predicted octanol–water partition coefficient (Wildman–Crippen LogP) is 2.41. The average Bonchev–Trinajstić information content (AvgIpc) is 2.47. The minimum atomic E-state index is -0.358. The van der Waals surface area contributed by atoms with Crippen molar-refractivity contribution in [3.8, 4) is 0 Å². The SMILES string of the molecule is CCC(C)C(N)C(=O)NCCCCN1CCC(C)CC1.Cl. The third-order valence-corrected chi connectivity index (χ3v) is 4.64. The zero-order chi connectivity index (χ0) is 15.0. The Morgan fingerprint density at radius 1 is 1.33 bits per heavy atom. The number of amides is 1. The highest BCUT2D eigenvalue weighted by atomic mass is 35.5. The van der Waals surface area contributed by atoms with E-state index in [2.05, 4.69) is 24.1 Å². The lowest BCUT2D eigenvalue weighted by atomic mass is 9.99. The first-order valence-electron chi connectivity index (χ1n) is 8.30. The maximum Gasteiger partial charge on any atom is 0.237 e. The van der Waals surface area contributed by atoms with E-state index in [0.29, 0.717) is 0 Å². The molecule has 126 valence electrons. The summed E-state index contributed by atoms with van der Waals surface area (Å²) in [5, 5.41) is 2.96. The van der Waals surface area contributed by atoms with Gasteiger partial charge in [0, 0.05) is 6.54 Å². The van der Waals surface area contributed by atoms with Gasteiger partial charge in [0.25, 0.3) is 0 Å². The van der Waals surface area contributed by atoms with Crippen molar-refractivity contribution in [3.05, 3.63) is 0 Å². The summed E-state index contributed by atoms with van der Waals surface area (Å²) in [5.74, 6) is 1.16. The van der Waals surface area contributed by atoms with Crippen LogP contribution < -0.4 is 11.1 Å². The molecule has 3 N–H and O–H groups in total. The van der Waals surface area contributed by atoms with Crippen molar-refractivity contribution in [2.24, 2.45) is 17.6 Å². The number of halogens is 1. The van der Waals surface area contributed by atoms with Crippen LogP contribution in [0.5, 0.6) is 0 Å². The Morgan fingerprint density at radius 2 is 1.95 bits per heavy atom. The second-order valence-corrected chi connectivity index (χ2v) is 6.43. The van der Waals surface area contributed by atoms with Crippen molar-refractivity contribution in [2.45, 2.75) is 58.9 Å². The number of nitrogens with two attached hydrogens (primary N) is 1. The monoisotopic (exact) mass is 319 g/mol. The first kappa shape index (κ1) is 20.7. The van der Waals surface area contributed by atoms with Crippen molar-refractivity contribution in [1.82, 2.24) is 10.2 Å². The van der Waals surface area contributed by atoms with E-state index in [9.17, 15) is 4.79 Å². The van der Waals surface area contributed by atoms with Gasteiger partial charge < -0.3 is 16.0 Å². The molecule has 1 aliphatic heterocycles.